The molecule has 0 atom stereocenters. The van der Waals surface area contributed by atoms with Crippen LogP contribution in [-0.2, 0) is 19.1 Å². The van der Waals surface area contributed by atoms with Gasteiger partial charge in [0.2, 0.25) is 0 Å². The third-order valence-electron chi connectivity index (χ3n) is 3.08. The largest absolute Gasteiger partial charge is 0.462 e. The molecule has 0 spiro atoms. The molecule has 2 aliphatic heterocycles. The quantitative estimate of drug-likeness (QED) is 0.697. The number of aliphatic imine (C=N–C) groups is 2. The first-order valence-electron chi connectivity index (χ1n) is 7.38. The molecule has 23 heavy (non-hydrogen) atoms. The molecule has 0 unspecified atom stereocenters. The maximum absolute atomic E-state index is 11.3. The Balaban J connectivity index is 0.000000231. The van der Waals surface area contributed by atoms with Gasteiger partial charge in [-0.05, 0) is 33.8 Å². The Morgan fingerprint density at radius 3 is 2.13 bits per heavy atom. The van der Waals surface area contributed by atoms with Crippen molar-refractivity contribution in [3.63, 3.8) is 0 Å². The Kier molecular flexibility index (Phi) is 7.88. The van der Waals surface area contributed by atoms with Gasteiger partial charge in [-0.15, -0.1) is 0 Å². The second-order valence-corrected chi connectivity index (χ2v) is 5.62. The van der Waals surface area contributed by atoms with Crippen molar-refractivity contribution in [2.45, 2.75) is 27.7 Å². The molecule has 0 aromatic carbocycles. The Labute approximate surface area is 144 Å². The van der Waals surface area contributed by atoms with Crippen molar-refractivity contribution >= 4 is 39.3 Å². The van der Waals surface area contributed by atoms with Crippen molar-refractivity contribution in [1.82, 2.24) is 0 Å². The molecule has 0 aliphatic carbocycles. The minimum absolute atomic E-state index is 0.258. The second-order valence-electron chi connectivity index (χ2n) is 4.67. The van der Waals surface area contributed by atoms with Crippen LogP contribution >= 0.6 is 15.9 Å². The molecular formula is C16H21BrN2O4. The normalized spacial score (nSPS) is 16.1. The number of hydrogen-bond donors (Lipinski definition) is 0. The van der Waals surface area contributed by atoms with E-state index in [-0.39, 0.29) is 11.9 Å². The highest BCUT2D eigenvalue weighted by molar-refractivity contribution is 9.11. The van der Waals surface area contributed by atoms with Gasteiger partial charge >= 0.3 is 11.9 Å². The van der Waals surface area contributed by atoms with Gasteiger partial charge in [0, 0.05) is 15.9 Å². The number of carbonyl (C=O) groups is 2. The van der Waals surface area contributed by atoms with E-state index < -0.39 is 0 Å². The number of esters is 2. The molecule has 0 bridgehead atoms. The lowest BCUT2D eigenvalue weighted by Crippen LogP contribution is -2.12. The van der Waals surface area contributed by atoms with Crippen LogP contribution < -0.4 is 0 Å². The first-order valence-corrected chi connectivity index (χ1v) is 8.17. The molecule has 126 valence electrons. The summed E-state index contributed by atoms with van der Waals surface area (Å²) in [6.45, 7) is 9.18. The predicted molar refractivity (Wildman–Crippen MR) is 93.3 cm³/mol. The van der Waals surface area contributed by atoms with E-state index in [0.717, 1.165) is 15.9 Å². The lowest BCUT2D eigenvalue weighted by atomic mass is 10.2. The Bertz CT molecular complexity index is 603. The van der Waals surface area contributed by atoms with E-state index >= 15 is 0 Å². The van der Waals surface area contributed by atoms with Gasteiger partial charge in [0.15, 0.2) is 0 Å². The summed E-state index contributed by atoms with van der Waals surface area (Å²) in [5, 5.41) is 0. The first-order chi connectivity index (χ1) is 10.9. The Morgan fingerprint density at radius 2 is 1.70 bits per heavy atom. The molecular weight excluding hydrogens is 364 g/mol. The third kappa shape index (κ3) is 5.42. The van der Waals surface area contributed by atoms with E-state index in [4.69, 9.17) is 9.47 Å². The fourth-order valence-corrected chi connectivity index (χ4v) is 2.52. The maximum Gasteiger partial charge on any atom is 0.340 e. The van der Waals surface area contributed by atoms with Gasteiger partial charge in [-0.2, -0.15) is 0 Å². The van der Waals surface area contributed by atoms with Gasteiger partial charge in [-0.25, -0.2) is 9.59 Å². The van der Waals surface area contributed by atoms with Crippen LogP contribution in [0.25, 0.3) is 0 Å². The van der Waals surface area contributed by atoms with Gasteiger partial charge in [0.05, 0.1) is 37.4 Å². The minimum Gasteiger partial charge on any atom is -0.462 e. The zero-order chi connectivity index (χ0) is 17.4. The molecule has 2 rings (SSSR count). The molecule has 0 saturated carbocycles. The van der Waals surface area contributed by atoms with Crippen molar-refractivity contribution in [2.75, 3.05) is 26.3 Å². The number of carbonyl (C=O) groups excluding carboxylic acids is 2. The van der Waals surface area contributed by atoms with Crippen molar-refractivity contribution in [2.24, 2.45) is 9.98 Å². The minimum atomic E-state index is -0.289. The molecule has 0 N–H and O–H groups in total. The monoisotopic (exact) mass is 384 g/mol. The standard InChI is InChI=1S/C8H10BrNO2.C8H11NO2/c1-3-12-8(11)7-5(2)10-4-6(7)9;1-3-11-8(10)7-4-5-9-6(7)2/h3-4H2,1-2H3;4H,3,5H2,1-2H3. The molecule has 0 radical (unpaired) electrons. The zero-order valence-electron chi connectivity index (χ0n) is 13.8. The highest BCUT2D eigenvalue weighted by Gasteiger charge is 2.22. The molecule has 0 aromatic rings. The van der Waals surface area contributed by atoms with E-state index in [1.165, 1.54) is 0 Å². The fourth-order valence-electron chi connectivity index (χ4n) is 1.95. The van der Waals surface area contributed by atoms with Crippen molar-refractivity contribution in [3.8, 4) is 0 Å². The van der Waals surface area contributed by atoms with Crippen LogP contribution in [0.5, 0.6) is 0 Å². The molecule has 6 nitrogen and oxygen atoms in total. The van der Waals surface area contributed by atoms with Gasteiger partial charge in [-0.1, -0.05) is 15.9 Å². The van der Waals surface area contributed by atoms with Crippen LogP contribution in [0.1, 0.15) is 27.7 Å². The number of halogens is 1. The van der Waals surface area contributed by atoms with E-state index in [9.17, 15) is 9.59 Å². The summed E-state index contributed by atoms with van der Waals surface area (Å²) >= 11 is 3.28. The first kappa shape index (κ1) is 19.3. The van der Waals surface area contributed by atoms with E-state index in [2.05, 4.69) is 25.9 Å². The lowest BCUT2D eigenvalue weighted by Gasteiger charge is -2.02. The Morgan fingerprint density at radius 1 is 1.09 bits per heavy atom. The van der Waals surface area contributed by atoms with Gasteiger partial charge < -0.3 is 9.47 Å². The van der Waals surface area contributed by atoms with Crippen LogP contribution in [0.2, 0.25) is 0 Å². The fraction of sp³-hybridized carbons (Fsp3) is 0.500. The summed E-state index contributed by atoms with van der Waals surface area (Å²) in [6, 6.07) is 0. The average Bonchev–Trinajstić information content (AvgIpc) is 3.06. The zero-order valence-corrected chi connectivity index (χ0v) is 15.4. The summed E-state index contributed by atoms with van der Waals surface area (Å²) in [5.41, 5.74) is 2.73. The molecule has 7 heteroatoms. The molecule has 0 amide bonds. The van der Waals surface area contributed by atoms with Crippen molar-refractivity contribution in [3.05, 3.63) is 21.7 Å². The molecule has 0 fully saturated rings. The number of nitrogens with zero attached hydrogens (tertiary/aromatic N) is 2. The number of ether oxygens (including phenoxy) is 2. The molecule has 2 heterocycles. The predicted octanol–water partition coefficient (Wildman–Crippen LogP) is 2.62. The van der Waals surface area contributed by atoms with Gasteiger partial charge in [0.1, 0.15) is 0 Å². The highest BCUT2D eigenvalue weighted by Crippen LogP contribution is 2.21. The summed E-state index contributed by atoms with van der Waals surface area (Å²) in [7, 11) is 0. The van der Waals surface area contributed by atoms with Gasteiger partial charge in [0.25, 0.3) is 0 Å². The van der Waals surface area contributed by atoms with Crippen molar-refractivity contribution < 1.29 is 19.1 Å². The summed E-state index contributed by atoms with van der Waals surface area (Å²) < 4.78 is 10.5. The smallest absolute Gasteiger partial charge is 0.340 e. The third-order valence-corrected chi connectivity index (χ3v) is 3.72. The van der Waals surface area contributed by atoms with Crippen LogP contribution in [-0.4, -0.2) is 49.7 Å². The highest BCUT2D eigenvalue weighted by atomic mass is 79.9. The van der Waals surface area contributed by atoms with Crippen LogP contribution in [0.15, 0.2) is 31.7 Å². The molecule has 0 aromatic heterocycles. The van der Waals surface area contributed by atoms with Crippen LogP contribution in [0, 0.1) is 0 Å². The number of rotatable bonds is 4. The summed E-state index contributed by atoms with van der Waals surface area (Å²) in [5.74, 6) is -0.547. The van der Waals surface area contributed by atoms with Gasteiger partial charge in [-0.3, -0.25) is 9.98 Å². The SMILES string of the molecule is CCOC(=O)C1=C(Br)CN=C1C.CCOC(=O)C1=CCN=C1C. The number of hydrogen-bond acceptors (Lipinski definition) is 6. The summed E-state index contributed by atoms with van der Waals surface area (Å²) in [6.07, 6.45) is 1.79. The lowest BCUT2D eigenvalue weighted by molar-refractivity contribution is -0.138. The second kappa shape index (κ2) is 9.39. The van der Waals surface area contributed by atoms with Crippen molar-refractivity contribution in [1.29, 1.82) is 0 Å². The molecule has 2 aliphatic rings. The average molecular weight is 385 g/mol. The van der Waals surface area contributed by atoms with E-state index in [1.54, 1.807) is 26.8 Å². The Hall–Kier alpha value is -1.76. The van der Waals surface area contributed by atoms with Crippen LogP contribution in [0.4, 0.5) is 0 Å². The molecule has 0 saturated heterocycles. The van der Waals surface area contributed by atoms with E-state index in [1.807, 2.05) is 6.92 Å². The topological polar surface area (TPSA) is 77.3 Å². The maximum atomic E-state index is 11.3. The van der Waals surface area contributed by atoms with Crippen LogP contribution in [0.3, 0.4) is 0 Å². The van der Waals surface area contributed by atoms with E-state index in [0.29, 0.717) is 37.4 Å². The summed E-state index contributed by atoms with van der Waals surface area (Å²) in [4.78, 5) is 30.5.